The first-order chi connectivity index (χ1) is 8.13. The minimum atomic E-state index is -0.799. The molecule has 0 fully saturated rings. The van der Waals surface area contributed by atoms with Gasteiger partial charge in [0.25, 0.3) is 0 Å². The second-order valence-electron chi connectivity index (χ2n) is 3.99. The van der Waals surface area contributed by atoms with Gasteiger partial charge in [-0.3, -0.25) is 8.89 Å². The summed E-state index contributed by atoms with van der Waals surface area (Å²) in [6, 6.07) is 0. The van der Waals surface area contributed by atoms with Crippen molar-refractivity contribution < 1.29 is 9.32 Å². The third kappa shape index (κ3) is 5.38. The van der Waals surface area contributed by atoms with Crippen molar-refractivity contribution in [1.29, 1.82) is 0 Å². The lowest BCUT2D eigenvalue weighted by Crippen LogP contribution is -2.27. The van der Waals surface area contributed by atoms with Gasteiger partial charge in [0, 0.05) is 54.7 Å². The van der Waals surface area contributed by atoms with Crippen LogP contribution in [0.2, 0.25) is 0 Å². The van der Waals surface area contributed by atoms with Crippen LogP contribution in [0.5, 0.6) is 0 Å². The van der Waals surface area contributed by atoms with Gasteiger partial charge in [-0.25, -0.2) is 0 Å². The van der Waals surface area contributed by atoms with Gasteiger partial charge in [0.2, 0.25) is 0 Å². The van der Waals surface area contributed by atoms with Crippen LogP contribution in [0.1, 0.15) is 19.0 Å². The van der Waals surface area contributed by atoms with E-state index in [1.165, 1.54) is 0 Å². The predicted molar refractivity (Wildman–Crippen MR) is 67.0 cm³/mol. The Morgan fingerprint density at radius 1 is 1.65 bits per heavy atom. The van der Waals surface area contributed by atoms with Crippen LogP contribution < -0.4 is 5.32 Å². The Hall–Kier alpha value is -0.790. The number of aliphatic hydroxyl groups is 1. The van der Waals surface area contributed by atoms with Crippen LogP contribution in [0.3, 0.4) is 0 Å². The van der Waals surface area contributed by atoms with Crippen molar-refractivity contribution in [2.24, 2.45) is 0 Å². The summed E-state index contributed by atoms with van der Waals surface area (Å²) < 4.78 is 12.8. The molecular weight excluding hydrogens is 240 g/mol. The SMILES string of the molecule is CC(CNCc1cn(CCCO)nn1)S(C)=O. The Balaban J connectivity index is 2.27. The summed E-state index contributed by atoms with van der Waals surface area (Å²) in [5, 5.41) is 20.0. The third-order valence-corrected chi connectivity index (χ3v) is 3.74. The fourth-order valence-corrected chi connectivity index (χ4v) is 1.63. The second kappa shape index (κ2) is 7.52. The summed E-state index contributed by atoms with van der Waals surface area (Å²) >= 11 is 0. The number of aromatic nitrogens is 3. The largest absolute Gasteiger partial charge is 0.396 e. The molecule has 2 atom stereocenters. The average Bonchev–Trinajstić information content (AvgIpc) is 2.74. The van der Waals surface area contributed by atoms with E-state index >= 15 is 0 Å². The minimum absolute atomic E-state index is 0.138. The number of nitrogens with zero attached hydrogens (tertiary/aromatic N) is 3. The Labute approximate surface area is 104 Å². The number of hydrogen-bond donors (Lipinski definition) is 2. The van der Waals surface area contributed by atoms with Gasteiger partial charge in [-0.2, -0.15) is 0 Å². The Kier molecular flexibility index (Phi) is 6.31. The first-order valence-corrected chi connectivity index (χ1v) is 7.28. The highest BCUT2D eigenvalue weighted by atomic mass is 32.2. The molecule has 0 aliphatic heterocycles. The van der Waals surface area contributed by atoms with Crippen LogP contribution in [0.4, 0.5) is 0 Å². The minimum Gasteiger partial charge on any atom is -0.396 e. The molecule has 0 aliphatic carbocycles. The van der Waals surface area contributed by atoms with Crippen LogP contribution >= 0.6 is 0 Å². The summed E-state index contributed by atoms with van der Waals surface area (Å²) in [5.74, 6) is 0. The summed E-state index contributed by atoms with van der Waals surface area (Å²) in [6.07, 6.45) is 4.25. The maximum Gasteiger partial charge on any atom is 0.0964 e. The summed E-state index contributed by atoms with van der Waals surface area (Å²) in [7, 11) is -0.799. The number of nitrogens with one attached hydrogen (secondary N) is 1. The Morgan fingerprint density at radius 3 is 3.06 bits per heavy atom. The van der Waals surface area contributed by atoms with E-state index in [-0.39, 0.29) is 11.9 Å². The smallest absolute Gasteiger partial charge is 0.0964 e. The molecule has 0 radical (unpaired) electrons. The zero-order valence-corrected chi connectivity index (χ0v) is 11.1. The van der Waals surface area contributed by atoms with Crippen LogP contribution in [0, 0.1) is 0 Å². The van der Waals surface area contributed by atoms with E-state index in [0.29, 0.717) is 26.1 Å². The fraction of sp³-hybridized carbons (Fsp3) is 0.800. The van der Waals surface area contributed by atoms with Gasteiger partial charge in [0.05, 0.1) is 5.69 Å². The topological polar surface area (TPSA) is 80.0 Å². The van der Waals surface area contributed by atoms with Crippen LogP contribution in [-0.2, 0) is 23.9 Å². The van der Waals surface area contributed by atoms with Crippen LogP contribution in [-0.4, -0.2) is 49.0 Å². The first-order valence-electron chi connectivity index (χ1n) is 5.66. The molecule has 1 heterocycles. The molecule has 0 saturated carbocycles. The monoisotopic (exact) mass is 260 g/mol. The van der Waals surface area contributed by atoms with E-state index < -0.39 is 10.8 Å². The van der Waals surface area contributed by atoms with Gasteiger partial charge in [-0.15, -0.1) is 5.10 Å². The predicted octanol–water partition coefficient (Wildman–Crippen LogP) is -0.483. The molecule has 98 valence electrons. The summed E-state index contributed by atoms with van der Waals surface area (Å²) in [6.45, 7) is 4.11. The maximum absolute atomic E-state index is 11.1. The molecule has 17 heavy (non-hydrogen) atoms. The molecule has 0 aromatic carbocycles. The molecule has 0 amide bonds. The lowest BCUT2D eigenvalue weighted by molar-refractivity contribution is 0.276. The van der Waals surface area contributed by atoms with Crippen molar-refractivity contribution in [3.05, 3.63) is 11.9 Å². The molecule has 1 aromatic rings. The molecule has 0 bridgehead atoms. The van der Waals surface area contributed by atoms with Gasteiger partial charge in [0.15, 0.2) is 0 Å². The number of aliphatic hydroxyl groups excluding tert-OH is 1. The van der Waals surface area contributed by atoms with Gasteiger partial charge in [-0.1, -0.05) is 5.21 Å². The van der Waals surface area contributed by atoms with Crippen molar-refractivity contribution in [3.63, 3.8) is 0 Å². The van der Waals surface area contributed by atoms with Gasteiger partial charge < -0.3 is 10.4 Å². The molecule has 0 aliphatic rings. The first kappa shape index (κ1) is 14.3. The highest BCUT2D eigenvalue weighted by Crippen LogP contribution is 1.95. The van der Waals surface area contributed by atoms with E-state index in [1.54, 1.807) is 10.9 Å². The highest BCUT2D eigenvalue weighted by Gasteiger charge is 2.06. The third-order valence-electron chi connectivity index (χ3n) is 2.44. The standard InChI is InChI=1S/C10H20N4O2S/c1-9(17(2)16)6-11-7-10-8-14(13-12-10)4-3-5-15/h8-9,11,15H,3-7H2,1-2H3. The molecule has 7 heteroatoms. The van der Waals surface area contributed by atoms with E-state index in [2.05, 4.69) is 15.6 Å². The molecule has 2 unspecified atom stereocenters. The van der Waals surface area contributed by atoms with Crippen LogP contribution in [0.15, 0.2) is 6.20 Å². The Bertz CT molecular complexity index is 356. The van der Waals surface area contributed by atoms with E-state index in [4.69, 9.17) is 5.11 Å². The van der Waals surface area contributed by atoms with Crippen molar-refractivity contribution >= 4 is 10.8 Å². The van der Waals surface area contributed by atoms with Gasteiger partial charge in [0.1, 0.15) is 0 Å². The lowest BCUT2D eigenvalue weighted by Gasteiger charge is -2.07. The van der Waals surface area contributed by atoms with Crippen molar-refractivity contribution in [2.75, 3.05) is 19.4 Å². The molecule has 0 spiro atoms. The second-order valence-corrected chi connectivity index (χ2v) is 5.79. The van der Waals surface area contributed by atoms with Gasteiger partial charge in [-0.05, 0) is 13.3 Å². The fourth-order valence-electron chi connectivity index (χ4n) is 1.28. The number of rotatable bonds is 8. The quantitative estimate of drug-likeness (QED) is 0.660. The molecular formula is C10H20N4O2S. The van der Waals surface area contributed by atoms with Crippen molar-refractivity contribution in [2.45, 2.75) is 31.7 Å². The summed E-state index contributed by atoms with van der Waals surface area (Å²) in [4.78, 5) is 0. The number of aryl methyl sites for hydroxylation is 1. The van der Waals surface area contributed by atoms with Gasteiger partial charge >= 0.3 is 0 Å². The zero-order chi connectivity index (χ0) is 12.7. The molecule has 0 saturated heterocycles. The van der Waals surface area contributed by atoms with Crippen LogP contribution in [0.25, 0.3) is 0 Å². The Morgan fingerprint density at radius 2 is 2.41 bits per heavy atom. The normalized spacial score (nSPS) is 14.8. The van der Waals surface area contributed by atoms with Crippen molar-refractivity contribution in [1.82, 2.24) is 20.3 Å². The van der Waals surface area contributed by atoms with E-state index in [9.17, 15) is 4.21 Å². The van der Waals surface area contributed by atoms with Crippen molar-refractivity contribution in [3.8, 4) is 0 Å². The maximum atomic E-state index is 11.1. The van der Waals surface area contributed by atoms with E-state index in [1.807, 2.05) is 13.1 Å². The zero-order valence-electron chi connectivity index (χ0n) is 10.3. The molecule has 6 nitrogen and oxygen atoms in total. The average molecular weight is 260 g/mol. The summed E-state index contributed by atoms with van der Waals surface area (Å²) in [5.41, 5.74) is 0.858. The van der Waals surface area contributed by atoms with E-state index in [0.717, 1.165) is 5.69 Å². The lowest BCUT2D eigenvalue weighted by atomic mass is 10.4. The number of hydrogen-bond acceptors (Lipinski definition) is 5. The molecule has 1 rings (SSSR count). The highest BCUT2D eigenvalue weighted by molar-refractivity contribution is 7.84. The molecule has 1 aromatic heterocycles. The molecule has 2 N–H and O–H groups in total.